The van der Waals surface area contributed by atoms with Crippen LogP contribution in [0, 0.1) is 0 Å². The Morgan fingerprint density at radius 2 is 1.78 bits per heavy atom. The summed E-state index contributed by atoms with van der Waals surface area (Å²) in [5.74, 6) is 0.279. The minimum atomic E-state index is -1.24. The maximum absolute atomic E-state index is 16.0. The molecule has 1 aromatic heterocycles. The lowest BCUT2D eigenvalue weighted by molar-refractivity contribution is 0.00578. The molecule has 0 unspecified atom stereocenters. The fourth-order valence-electron chi connectivity index (χ4n) is 3.16. The summed E-state index contributed by atoms with van der Waals surface area (Å²) in [5.41, 5.74) is -1.51. The van der Waals surface area contributed by atoms with Gasteiger partial charge in [0.25, 0.3) is 0 Å². The standard InChI is InChI=1S/C21H27BFN3O6/c1-20(2)21(3,4)32-22(31-20)18(23)15(11-26-12-16(24-25-26)19(27)30-7)14-10-13(28-5)8-9-17(14)29-6/h8-10,12H,11H2,1-7H3. The summed E-state index contributed by atoms with van der Waals surface area (Å²) in [7, 11) is 3.00. The van der Waals surface area contributed by atoms with E-state index in [9.17, 15) is 4.79 Å². The molecule has 3 rings (SSSR count). The summed E-state index contributed by atoms with van der Waals surface area (Å²) < 4.78 is 44.6. The van der Waals surface area contributed by atoms with Gasteiger partial charge in [0, 0.05) is 11.1 Å². The van der Waals surface area contributed by atoms with Gasteiger partial charge >= 0.3 is 13.1 Å². The molecule has 0 amide bonds. The molecule has 1 fully saturated rings. The molecule has 2 aromatic rings. The fraction of sp³-hybridized carbons (Fsp3) is 0.476. The summed E-state index contributed by atoms with van der Waals surface area (Å²) in [5, 5.41) is 7.71. The van der Waals surface area contributed by atoms with Crippen LogP contribution in [0.2, 0.25) is 0 Å². The second kappa shape index (κ2) is 8.91. The van der Waals surface area contributed by atoms with Gasteiger partial charge in [-0.3, -0.25) is 0 Å². The molecule has 0 aliphatic carbocycles. The van der Waals surface area contributed by atoms with Crippen molar-refractivity contribution in [2.24, 2.45) is 0 Å². The minimum Gasteiger partial charge on any atom is -0.497 e. The SMILES string of the molecule is COC(=O)c1cn(CC(=C(F)B2OC(C)(C)C(C)(C)O2)c2cc(OC)ccc2OC)nn1. The van der Waals surface area contributed by atoms with Gasteiger partial charge in [0.2, 0.25) is 0 Å². The Morgan fingerprint density at radius 1 is 1.12 bits per heavy atom. The second-order valence-electron chi connectivity index (χ2n) is 8.27. The summed E-state index contributed by atoms with van der Waals surface area (Å²) in [6.45, 7) is 7.28. The number of benzene rings is 1. The Hall–Kier alpha value is -2.92. The molecule has 0 bridgehead atoms. The molecule has 9 nitrogen and oxygen atoms in total. The van der Waals surface area contributed by atoms with Gasteiger partial charge in [-0.05, 0) is 45.9 Å². The van der Waals surface area contributed by atoms with Crippen molar-refractivity contribution in [2.45, 2.75) is 45.4 Å². The monoisotopic (exact) mass is 447 g/mol. The molecule has 0 radical (unpaired) electrons. The normalized spacial score (nSPS) is 17.7. The van der Waals surface area contributed by atoms with Crippen molar-refractivity contribution >= 4 is 18.7 Å². The molecule has 0 atom stereocenters. The molecule has 0 spiro atoms. The number of hydrogen-bond acceptors (Lipinski definition) is 8. The number of hydrogen-bond donors (Lipinski definition) is 0. The van der Waals surface area contributed by atoms with E-state index in [0.717, 1.165) is 0 Å². The van der Waals surface area contributed by atoms with Crippen LogP contribution in [0.1, 0.15) is 43.7 Å². The van der Waals surface area contributed by atoms with Crippen LogP contribution in [0.15, 0.2) is 30.1 Å². The van der Waals surface area contributed by atoms with Crippen LogP contribution < -0.4 is 9.47 Å². The fourth-order valence-corrected chi connectivity index (χ4v) is 3.16. The molecule has 2 heterocycles. The van der Waals surface area contributed by atoms with Gasteiger partial charge in [-0.2, -0.15) is 0 Å². The van der Waals surface area contributed by atoms with Crippen LogP contribution in [0.4, 0.5) is 4.39 Å². The molecule has 1 saturated heterocycles. The van der Waals surface area contributed by atoms with Crippen molar-refractivity contribution in [3.8, 4) is 11.5 Å². The Labute approximate surface area is 186 Å². The first-order valence-electron chi connectivity index (χ1n) is 9.98. The first-order chi connectivity index (χ1) is 15.0. The first-order valence-corrected chi connectivity index (χ1v) is 9.98. The predicted molar refractivity (Wildman–Crippen MR) is 115 cm³/mol. The van der Waals surface area contributed by atoms with Crippen LogP contribution in [0.25, 0.3) is 5.57 Å². The van der Waals surface area contributed by atoms with E-state index in [-0.39, 0.29) is 17.8 Å². The number of carbonyl (C=O) groups excluding carboxylic acids is 1. The zero-order valence-electron chi connectivity index (χ0n) is 19.3. The highest BCUT2D eigenvalue weighted by molar-refractivity contribution is 6.55. The number of carbonyl (C=O) groups is 1. The lowest BCUT2D eigenvalue weighted by Gasteiger charge is -2.32. The maximum Gasteiger partial charge on any atom is 0.525 e. The lowest BCUT2D eigenvalue weighted by atomic mass is 9.82. The zero-order valence-corrected chi connectivity index (χ0v) is 19.3. The number of nitrogens with zero attached hydrogens (tertiary/aromatic N) is 3. The summed E-state index contributed by atoms with van der Waals surface area (Å²) in [6.07, 6.45) is 1.37. The lowest BCUT2D eigenvalue weighted by Crippen LogP contribution is -2.41. The average molecular weight is 447 g/mol. The van der Waals surface area contributed by atoms with Gasteiger partial charge in [-0.15, -0.1) is 5.10 Å². The highest BCUT2D eigenvalue weighted by atomic mass is 19.1. The van der Waals surface area contributed by atoms with E-state index in [2.05, 4.69) is 15.0 Å². The van der Waals surface area contributed by atoms with Crippen LogP contribution in [-0.2, 0) is 20.6 Å². The molecule has 32 heavy (non-hydrogen) atoms. The van der Waals surface area contributed by atoms with Gasteiger partial charge in [0.05, 0.1) is 45.3 Å². The maximum atomic E-state index is 16.0. The Morgan fingerprint density at radius 3 is 2.34 bits per heavy atom. The van der Waals surface area contributed by atoms with Crippen molar-refractivity contribution < 1.29 is 32.7 Å². The molecule has 1 aliphatic heterocycles. The molecular weight excluding hydrogens is 420 g/mol. The smallest absolute Gasteiger partial charge is 0.497 e. The quantitative estimate of drug-likeness (QED) is 0.472. The van der Waals surface area contributed by atoms with Crippen molar-refractivity contribution in [2.75, 3.05) is 21.3 Å². The zero-order chi connectivity index (χ0) is 23.7. The predicted octanol–water partition coefficient (Wildman–Crippen LogP) is 3.09. The molecule has 0 saturated carbocycles. The van der Waals surface area contributed by atoms with Crippen LogP contribution in [0.3, 0.4) is 0 Å². The number of esters is 1. The van der Waals surface area contributed by atoms with Crippen LogP contribution in [-0.4, -0.2) is 60.6 Å². The minimum absolute atomic E-state index is 0.000462. The topological polar surface area (TPSA) is 93.9 Å². The molecule has 0 N–H and O–H groups in total. The van der Waals surface area contributed by atoms with Crippen molar-refractivity contribution in [1.29, 1.82) is 0 Å². The van der Waals surface area contributed by atoms with E-state index in [1.54, 1.807) is 18.2 Å². The summed E-state index contributed by atoms with van der Waals surface area (Å²) >= 11 is 0. The van der Waals surface area contributed by atoms with Gasteiger partial charge in [-0.1, -0.05) is 5.21 Å². The van der Waals surface area contributed by atoms with Gasteiger partial charge in [0.15, 0.2) is 5.69 Å². The number of ether oxygens (including phenoxy) is 3. The highest BCUT2D eigenvalue weighted by Gasteiger charge is 2.53. The number of aromatic nitrogens is 3. The number of halogens is 1. The van der Waals surface area contributed by atoms with E-state index in [0.29, 0.717) is 17.1 Å². The first kappa shape index (κ1) is 23.7. The summed E-state index contributed by atoms with van der Waals surface area (Å²) in [4.78, 5) is 11.8. The third kappa shape index (κ3) is 4.49. The Kier molecular flexibility index (Phi) is 6.61. The van der Waals surface area contributed by atoms with Gasteiger partial charge in [0.1, 0.15) is 17.2 Å². The van der Waals surface area contributed by atoms with E-state index >= 15 is 4.39 Å². The average Bonchev–Trinajstić information content (AvgIpc) is 3.31. The molecule has 172 valence electrons. The van der Waals surface area contributed by atoms with E-state index in [1.165, 1.54) is 32.2 Å². The van der Waals surface area contributed by atoms with Crippen molar-refractivity contribution in [3.05, 3.63) is 41.4 Å². The van der Waals surface area contributed by atoms with Gasteiger partial charge in [-0.25, -0.2) is 13.9 Å². The molecule has 1 aromatic carbocycles. The number of allylic oxidation sites excluding steroid dienone is 1. The molecular formula is C21H27BFN3O6. The highest BCUT2D eigenvalue weighted by Crippen LogP contribution is 2.41. The number of rotatable bonds is 7. The van der Waals surface area contributed by atoms with Gasteiger partial charge < -0.3 is 23.5 Å². The number of methoxy groups -OCH3 is 3. The Balaban J connectivity index is 2.11. The molecule has 1 aliphatic rings. The van der Waals surface area contributed by atoms with E-state index < -0.39 is 30.0 Å². The van der Waals surface area contributed by atoms with Crippen LogP contribution >= 0.6 is 0 Å². The Bertz CT molecular complexity index is 1020. The third-order valence-electron chi connectivity index (χ3n) is 5.73. The van der Waals surface area contributed by atoms with Crippen molar-refractivity contribution in [3.63, 3.8) is 0 Å². The summed E-state index contributed by atoms with van der Waals surface area (Å²) in [6, 6.07) is 5.03. The van der Waals surface area contributed by atoms with Crippen molar-refractivity contribution in [1.82, 2.24) is 15.0 Å². The second-order valence-corrected chi connectivity index (χ2v) is 8.27. The third-order valence-corrected chi connectivity index (χ3v) is 5.73. The van der Waals surface area contributed by atoms with E-state index in [1.807, 2.05) is 27.7 Å². The molecule has 11 heteroatoms. The van der Waals surface area contributed by atoms with E-state index in [4.69, 9.17) is 18.8 Å². The van der Waals surface area contributed by atoms with Crippen LogP contribution in [0.5, 0.6) is 11.5 Å². The largest absolute Gasteiger partial charge is 0.525 e.